The second-order valence-electron chi connectivity index (χ2n) is 6.33. The average Bonchev–Trinajstić information content (AvgIpc) is 3.02. The molecule has 3 rings (SSSR count). The van der Waals surface area contributed by atoms with E-state index in [1.807, 2.05) is 0 Å². The number of furan rings is 1. The predicted molar refractivity (Wildman–Crippen MR) is 97.5 cm³/mol. The van der Waals surface area contributed by atoms with Gasteiger partial charge in [-0.1, -0.05) is 18.2 Å². The van der Waals surface area contributed by atoms with Gasteiger partial charge >= 0.3 is 21.3 Å². The second kappa shape index (κ2) is 7.48. The largest absolute Gasteiger partial charge is 0.456 e. The molecule has 1 aromatic heterocycles. The first kappa shape index (κ1) is 22.5. The lowest BCUT2D eigenvalue weighted by Gasteiger charge is -2.23. The molecule has 1 N–H and O–H groups in total. The summed E-state index contributed by atoms with van der Waals surface area (Å²) in [6, 6.07) is 10.8. The highest BCUT2D eigenvalue weighted by atomic mass is 32.2. The molecule has 0 saturated carbocycles. The molecule has 0 fully saturated rings. The Labute approximate surface area is 168 Å². The lowest BCUT2D eigenvalue weighted by Crippen LogP contribution is -2.46. The van der Waals surface area contributed by atoms with Gasteiger partial charge in [-0.15, -0.1) is 0 Å². The molecule has 0 saturated heterocycles. The number of benzene rings is 2. The molecule has 2 aromatic carbocycles. The van der Waals surface area contributed by atoms with Crippen molar-refractivity contribution in [3.63, 3.8) is 0 Å². The highest BCUT2D eigenvalue weighted by molar-refractivity contribution is 7.87. The van der Waals surface area contributed by atoms with Crippen LogP contribution in [0.2, 0.25) is 0 Å². The molecule has 1 heterocycles. The average molecular weight is 470 g/mol. The normalized spacial score (nSPS) is 13.9. The lowest BCUT2D eigenvalue weighted by molar-refractivity contribution is -0.165. The smallest absolute Gasteiger partial charge is 0.431 e. The fraction of sp³-hybridized carbons (Fsp3) is 0.294. The minimum Gasteiger partial charge on any atom is -0.456 e. The van der Waals surface area contributed by atoms with Crippen LogP contribution in [0, 0.1) is 0 Å². The number of para-hydroxylation sites is 1. The lowest BCUT2D eigenvalue weighted by atomic mass is 10.2. The van der Waals surface area contributed by atoms with Gasteiger partial charge in [-0.2, -0.15) is 34.4 Å². The second-order valence-corrected chi connectivity index (χ2v) is 9.41. The van der Waals surface area contributed by atoms with Gasteiger partial charge in [-0.3, -0.25) is 8.74 Å². The van der Waals surface area contributed by atoms with Crippen LogP contribution >= 0.6 is 0 Å². The summed E-state index contributed by atoms with van der Waals surface area (Å²) in [7, 11) is -10.8. The molecule has 0 radical (unpaired) electrons. The Bertz CT molecular complexity index is 1300. The van der Waals surface area contributed by atoms with E-state index in [1.54, 1.807) is 24.3 Å². The van der Waals surface area contributed by atoms with Gasteiger partial charge in [-0.25, -0.2) is 0 Å². The van der Waals surface area contributed by atoms with Crippen LogP contribution in [0.1, 0.15) is 12.8 Å². The highest BCUT2D eigenvalue weighted by Crippen LogP contribution is 2.41. The Hall–Kier alpha value is -2.22. The molecule has 30 heavy (non-hydrogen) atoms. The van der Waals surface area contributed by atoms with Crippen LogP contribution < -0.4 is 0 Å². The highest BCUT2D eigenvalue weighted by Gasteiger charge is 2.64. The fourth-order valence-corrected chi connectivity index (χ4v) is 4.17. The number of fused-ring (bicyclic) bond motifs is 3. The quantitative estimate of drug-likeness (QED) is 0.227. The Balaban J connectivity index is 1.70. The van der Waals surface area contributed by atoms with Crippen molar-refractivity contribution in [3.05, 3.63) is 42.5 Å². The molecule has 0 aliphatic rings. The van der Waals surface area contributed by atoms with Crippen molar-refractivity contribution in [2.75, 3.05) is 6.61 Å². The third-order valence-corrected chi connectivity index (χ3v) is 6.52. The van der Waals surface area contributed by atoms with E-state index in [0.717, 1.165) is 5.39 Å². The Kier molecular flexibility index (Phi) is 5.60. The SMILES string of the molecule is O=S(=O)(OCCCC(F)(F)C(F)(F)S(=O)(=O)O)c1ccc2c(c1)oc1ccccc12. The van der Waals surface area contributed by atoms with Crippen molar-refractivity contribution in [3.8, 4) is 0 Å². The van der Waals surface area contributed by atoms with Crippen molar-refractivity contribution in [2.45, 2.75) is 28.9 Å². The van der Waals surface area contributed by atoms with Gasteiger partial charge in [0, 0.05) is 23.3 Å². The molecule has 0 atom stereocenters. The van der Waals surface area contributed by atoms with E-state index < -0.39 is 50.9 Å². The van der Waals surface area contributed by atoms with Crippen molar-refractivity contribution >= 4 is 42.2 Å². The number of halogens is 4. The summed E-state index contributed by atoms with van der Waals surface area (Å²) in [5.74, 6) is -5.12. The topological polar surface area (TPSA) is 111 Å². The first-order valence-electron chi connectivity index (χ1n) is 8.30. The van der Waals surface area contributed by atoms with Crippen LogP contribution in [0.4, 0.5) is 17.6 Å². The minimum absolute atomic E-state index is 0.236. The van der Waals surface area contributed by atoms with Gasteiger partial charge in [0.1, 0.15) is 11.2 Å². The Morgan fingerprint density at radius 3 is 2.23 bits per heavy atom. The summed E-state index contributed by atoms with van der Waals surface area (Å²) < 4.78 is 117. The zero-order valence-electron chi connectivity index (χ0n) is 14.9. The van der Waals surface area contributed by atoms with E-state index in [9.17, 15) is 34.4 Å². The van der Waals surface area contributed by atoms with E-state index in [4.69, 9.17) is 8.97 Å². The van der Waals surface area contributed by atoms with E-state index in [2.05, 4.69) is 4.18 Å². The maximum absolute atomic E-state index is 13.4. The summed E-state index contributed by atoms with van der Waals surface area (Å²) >= 11 is 0. The molecule has 0 amide bonds. The zero-order chi connectivity index (χ0) is 22.4. The van der Waals surface area contributed by atoms with Gasteiger partial charge in [0.15, 0.2) is 0 Å². The molecule has 0 aliphatic carbocycles. The summed E-state index contributed by atoms with van der Waals surface area (Å²) in [6.45, 7) is -0.919. The third-order valence-electron chi connectivity index (χ3n) is 4.26. The predicted octanol–water partition coefficient (Wildman–Crippen LogP) is 4.19. The number of alkyl halides is 4. The molecule has 13 heteroatoms. The van der Waals surface area contributed by atoms with Crippen molar-refractivity contribution < 1.29 is 47.6 Å². The molecule has 3 aromatic rings. The number of rotatable bonds is 8. The standard InChI is InChI=1S/C17H14F4O7S2/c18-16(19,17(20,21)30(24,25)26)8-3-9-27-29(22,23)11-6-7-13-12-4-1-2-5-14(12)28-15(13)10-11/h1-2,4-7,10H,3,8-9H2,(H,24,25,26). The summed E-state index contributed by atoms with van der Waals surface area (Å²) in [5, 5.41) is -4.33. The van der Waals surface area contributed by atoms with Gasteiger partial charge < -0.3 is 4.42 Å². The molecule has 0 bridgehead atoms. The van der Waals surface area contributed by atoms with Crippen LogP contribution in [0.5, 0.6) is 0 Å². The van der Waals surface area contributed by atoms with Crippen LogP contribution in [0.25, 0.3) is 21.9 Å². The maximum Gasteiger partial charge on any atom is 0.431 e. The van der Waals surface area contributed by atoms with E-state index in [-0.39, 0.29) is 10.5 Å². The first-order chi connectivity index (χ1) is 13.8. The fourth-order valence-electron chi connectivity index (χ4n) is 2.73. The molecular formula is C17H14F4O7S2. The zero-order valence-corrected chi connectivity index (χ0v) is 16.5. The summed E-state index contributed by atoms with van der Waals surface area (Å²) in [6.07, 6.45) is -2.66. The Morgan fingerprint density at radius 2 is 1.57 bits per heavy atom. The summed E-state index contributed by atoms with van der Waals surface area (Å²) in [5.41, 5.74) is 0.755. The molecule has 0 unspecified atom stereocenters. The third kappa shape index (κ3) is 4.02. The monoisotopic (exact) mass is 470 g/mol. The van der Waals surface area contributed by atoms with Crippen LogP contribution in [-0.4, -0.2) is 39.2 Å². The summed E-state index contributed by atoms with van der Waals surface area (Å²) in [4.78, 5) is -0.343. The molecule has 164 valence electrons. The van der Waals surface area contributed by atoms with Gasteiger partial charge in [0.05, 0.1) is 11.5 Å². The molecule has 0 aliphatic heterocycles. The van der Waals surface area contributed by atoms with Gasteiger partial charge in [0.2, 0.25) is 0 Å². The molecule has 0 spiro atoms. The van der Waals surface area contributed by atoms with Gasteiger partial charge in [-0.05, 0) is 24.6 Å². The van der Waals surface area contributed by atoms with Gasteiger partial charge in [0.25, 0.3) is 10.1 Å². The van der Waals surface area contributed by atoms with Crippen molar-refractivity contribution in [1.29, 1.82) is 0 Å². The Morgan fingerprint density at radius 1 is 0.933 bits per heavy atom. The van der Waals surface area contributed by atoms with Crippen LogP contribution in [0.3, 0.4) is 0 Å². The molecular weight excluding hydrogens is 456 g/mol. The number of hydrogen-bond acceptors (Lipinski definition) is 6. The van der Waals surface area contributed by atoms with E-state index >= 15 is 0 Å². The van der Waals surface area contributed by atoms with Crippen molar-refractivity contribution in [1.82, 2.24) is 0 Å². The maximum atomic E-state index is 13.4. The minimum atomic E-state index is -6.35. The molecule has 7 nitrogen and oxygen atoms in total. The van der Waals surface area contributed by atoms with Crippen LogP contribution in [0.15, 0.2) is 51.8 Å². The van der Waals surface area contributed by atoms with Crippen LogP contribution in [-0.2, 0) is 24.4 Å². The van der Waals surface area contributed by atoms with E-state index in [0.29, 0.717) is 11.0 Å². The van der Waals surface area contributed by atoms with E-state index in [1.165, 1.54) is 18.2 Å². The first-order valence-corrected chi connectivity index (χ1v) is 11.1. The van der Waals surface area contributed by atoms with Crippen molar-refractivity contribution in [2.24, 2.45) is 0 Å². The number of hydrogen-bond donors (Lipinski definition) is 1.